The van der Waals surface area contributed by atoms with Crippen molar-refractivity contribution in [3.8, 4) is 11.3 Å². The zero-order valence-corrected chi connectivity index (χ0v) is 15.0. The van der Waals surface area contributed by atoms with Crippen molar-refractivity contribution < 1.29 is 4.79 Å². The van der Waals surface area contributed by atoms with E-state index in [2.05, 4.69) is 15.3 Å². The lowest BCUT2D eigenvalue weighted by Crippen LogP contribution is -2.39. The summed E-state index contributed by atoms with van der Waals surface area (Å²) in [6.07, 6.45) is 5.44. The minimum atomic E-state index is 0.0214. The molecule has 27 heavy (non-hydrogen) atoms. The molecule has 0 spiro atoms. The molecule has 1 aromatic carbocycles. The normalized spacial score (nSPS) is 15.0. The van der Waals surface area contributed by atoms with Crippen LogP contribution in [0.2, 0.25) is 0 Å². The maximum Gasteiger partial charge on any atom is 0.255 e. The van der Waals surface area contributed by atoms with Crippen LogP contribution in [-0.2, 0) is 6.54 Å². The van der Waals surface area contributed by atoms with Gasteiger partial charge < -0.3 is 10.6 Å². The Morgan fingerprint density at radius 3 is 2.59 bits per heavy atom. The fourth-order valence-corrected chi connectivity index (χ4v) is 3.43. The van der Waals surface area contributed by atoms with Crippen molar-refractivity contribution in [1.82, 2.24) is 24.9 Å². The van der Waals surface area contributed by atoms with Crippen molar-refractivity contribution >= 4 is 11.7 Å². The largest absolute Gasteiger partial charge is 0.384 e. The van der Waals surface area contributed by atoms with Gasteiger partial charge in [-0.15, -0.1) is 5.10 Å². The van der Waals surface area contributed by atoms with Gasteiger partial charge in [0.25, 0.3) is 5.91 Å². The van der Waals surface area contributed by atoms with E-state index in [4.69, 9.17) is 5.73 Å². The molecule has 0 unspecified atom stereocenters. The van der Waals surface area contributed by atoms with E-state index >= 15 is 0 Å². The van der Waals surface area contributed by atoms with E-state index in [1.165, 1.54) is 0 Å². The molecule has 0 aliphatic carbocycles. The zero-order chi connectivity index (χ0) is 18.6. The number of piperidine rings is 1. The summed E-state index contributed by atoms with van der Waals surface area (Å²) in [6, 6.07) is 13.4. The van der Waals surface area contributed by atoms with Gasteiger partial charge in [-0.05, 0) is 30.9 Å². The lowest BCUT2D eigenvalue weighted by atomic mass is 9.96. The first kappa shape index (κ1) is 17.2. The fourth-order valence-electron chi connectivity index (χ4n) is 3.43. The average molecular weight is 362 g/mol. The first-order valence-electron chi connectivity index (χ1n) is 9.15. The Morgan fingerprint density at radius 1 is 1.11 bits per heavy atom. The number of carbonyl (C=O) groups is 1. The topological polar surface area (TPSA) is 89.9 Å². The smallest absolute Gasteiger partial charge is 0.255 e. The van der Waals surface area contributed by atoms with E-state index in [9.17, 15) is 4.79 Å². The molecule has 1 saturated heterocycles. The number of likely N-dealkylation sites (tertiary alicyclic amines) is 1. The molecule has 3 aromatic rings. The first-order chi connectivity index (χ1) is 13.2. The van der Waals surface area contributed by atoms with Gasteiger partial charge in [-0.3, -0.25) is 9.48 Å². The van der Waals surface area contributed by atoms with Gasteiger partial charge in [-0.2, -0.15) is 0 Å². The van der Waals surface area contributed by atoms with Crippen LogP contribution in [0, 0.1) is 5.92 Å². The number of rotatable bonds is 4. The van der Waals surface area contributed by atoms with E-state index in [0.717, 1.165) is 43.7 Å². The number of pyridine rings is 1. The number of nitrogens with two attached hydrogens (primary N) is 1. The number of hydrogen-bond donors (Lipinski definition) is 1. The van der Waals surface area contributed by atoms with Crippen molar-refractivity contribution in [2.45, 2.75) is 19.4 Å². The Balaban J connectivity index is 1.33. The predicted octanol–water partition coefficient (Wildman–Crippen LogP) is 2.47. The summed E-state index contributed by atoms with van der Waals surface area (Å²) >= 11 is 0. The van der Waals surface area contributed by atoms with Gasteiger partial charge in [0.15, 0.2) is 0 Å². The van der Waals surface area contributed by atoms with Crippen molar-refractivity contribution in [3.05, 3.63) is 60.4 Å². The molecule has 0 saturated carbocycles. The molecule has 1 aliphatic heterocycles. The number of anilines is 1. The molecule has 1 aliphatic rings. The van der Waals surface area contributed by atoms with Crippen LogP contribution in [0.1, 0.15) is 23.2 Å². The molecule has 0 radical (unpaired) electrons. The lowest BCUT2D eigenvalue weighted by molar-refractivity contribution is 0.0680. The third-order valence-electron chi connectivity index (χ3n) is 4.99. The van der Waals surface area contributed by atoms with Gasteiger partial charge in [-0.1, -0.05) is 35.5 Å². The number of aromatic nitrogens is 4. The van der Waals surface area contributed by atoms with E-state index in [0.29, 0.717) is 17.3 Å². The van der Waals surface area contributed by atoms with Crippen LogP contribution < -0.4 is 5.73 Å². The lowest BCUT2D eigenvalue weighted by Gasteiger charge is -2.31. The molecule has 3 heterocycles. The Bertz CT molecular complexity index is 898. The van der Waals surface area contributed by atoms with E-state index < -0.39 is 0 Å². The summed E-state index contributed by atoms with van der Waals surface area (Å²) in [7, 11) is 0. The third-order valence-corrected chi connectivity index (χ3v) is 4.99. The highest BCUT2D eigenvalue weighted by atomic mass is 16.2. The quantitative estimate of drug-likeness (QED) is 0.770. The Morgan fingerprint density at radius 2 is 1.89 bits per heavy atom. The highest BCUT2D eigenvalue weighted by Crippen LogP contribution is 2.22. The van der Waals surface area contributed by atoms with Gasteiger partial charge in [0.05, 0.1) is 11.8 Å². The summed E-state index contributed by atoms with van der Waals surface area (Å²) < 4.78 is 1.91. The average Bonchev–Trinajstić information content (AvgIpc) is 3.18. The zero-order valence-electron chi connectivity index (χ0n) is 15.0. The van der Waals surface area contributed by atoms with Gasteiger partial charge in [0.1, 0.15) is 11.5 Å². The van der Waals surface area contributed by atoms with Gasteiger partial charge in [0.2, 0.25) is 0 Å². The van der Waals surface area contributed by atoms with E-state index in [1.54, 1.807) is 18.3 Å². The molecule has 0 bridgehead atoms. The highest BCUT2D eigenvalue weighted by Gasteiger charge is 2.24. The van der Waals surface area contributed by atoms with Crippen LogP contribution in [0.25, 0.3) is 11.3 Å². The van der Waals surface area contributed by atoms with Gasteiger partial charge >= 0.3 is 0 Å². The molecule has 2 N–H and O–H groups in total. The first-order valence-corrected chi connectivity index (χ1v) is 9.15. The van der Waals surface area contributed by atoms with Crippen molar-refractivity contribution in [2.24, 2.45) is 5.92 Å². The number of nitrogens with zero attached hydrogens (tertiary/aromatic N) is 5. The molecular formula is C20H22N6O. The minimum absolute atomic E-state index is 0.0214. The van der Waals surface area contributed by atoms with Gasteiger partial charge in [0, 0.05) is 31.4 Å². The maximum absolute atomic E-state index is 12.6. The third kappa shape index (κ3) is 3.97. The van der Waals surface area contributed by atoms with Crippen LogP contribution >= 0.6 is 0 Å². The van der Waals surface area contributed by atoms with Crippen LogP contribution in [0.15, 0.2) is 54.9 Å². The molecule has 138 valence electrons. The Labute approximate surface area is 157 Å². The Hall–Kier alpha value is -3.22. The molecular weight excluding hydrogens is 340 g/mol. The second kappa shape index (κ2) is 7.57. The van der Waals surface area contributed by atoms with E-state index in [1.807, 2.05) is 46.1 Å². The van der Waals surface area contributed by atoms with Crippen LogP contribution in [0.3, 0.4) is 0 Å². The second-order valence-electron chi connectivity index (χ2n) is 6.90. The predicted molar refractivity (Wildman–Crippen MR) is 103 cm³/mol. The van der Waals surface area contributed by atoms with E-state index in [-0.39, 0.29) is 5.91 Å². The summed E-state index contributed by atoms with van der Waals surface area (Å²) in [5, 5.41) is 8.54. The number of hydrogen-bond acceptors (Lipinski definition) is 5. The molecule has 1 fully saturated rings. The van der Waals surface area contributed by atoms with Crippen molar-refractivity contribution in [3.63, 3.8) is 0 Å². The van der Waals surface area contributed by atoms with Crippen LogP contribution in [0.5, 0.6) is 0 Å². The molecule has 0 atom stereocenters. The van der Waals surface area contributed by atoms with Crippen molar-refractivity contribution in [1.29, 1.82) is 0 Å². The summed E-state index contributed by atoms with van der Waals surface area (Å²) in [5.74, 6) is 0.935. The minimum Gasteiger partial charge on any atom is -0.384 e. The molecule has 2 aromatic heterocycles. The van der Waals surface area contributed by atoms with Crippen LogP contribution in [0.4, 0.5) is 5.82 Å². The maximum atomic E-state index is 12.6. The molecule has 7 nitrogen and oxygen atoms in total. The molecule has 1 amide bonds. The summed E-state index contributed by atoms with van der Waals surface area (Å²) in [4.78, 5) is 18.4. The Kier molecular flexibility index (Phi) is 4.82. The second-order valence-corrected chi connectivity index (χ2v) is 6.90. The molecule has 7 heteroatoms. The monoisotopic (exact) mass is 362 g/mol. The summed E-state index contributed by atoms with van der Waals surface area (Å²) in [6.45, 7) is 2.31. The molecule has 4 rings (SSSR count). The number of carbonyl (C=O) groups excluding carboxylic acids is 1. The number of amides is 1. The number of benzene rings is 1. The van der Waals surface area contributed by atoms with Gasteiger partial charge in [-0.25, -0.2) is 4.98 Å². The summed E-state index contributed by atoms with van der Waals surface area (Å²) in [5.41, 5.74) is 8.13. The highest BCUT2D eigenvalue weighted by molar-refractivity contribution is 5.94. The standard InChI is InChI=1S/C20H22N6O/c21-19-7-6-17(12-22-19)20(27)25-10-8-15(9-11-25)13-26-14-18(23-24-26)16-4-2-1-3-5-16/h1-7,12,14-15H,8-11,13H2,(H2,21,22). The van der Waals surface area contributed by atoms with Crippen LogP contribution in [-0.4, -0.2) is 43.9 Å². The SMILES string of the molecule is Nc1ccc(C(=O)N2CCC(Cn3cc(-c4ccccc4)nn3)CC2)cn1. The number of nitrogen functional groups attached to an aromatic ring is 1. The van der Waals surface area contributed by atoms with Crippen molar-refractivity contribution in [2.75, 3.05) is 18.8 Å². The fraction of sp³-hybridized carbons (Fsp3) is 0.300.